The van der Waals surface area contributed by atoms with Crippen molar-refractivity contribution in [3.05, 3.63) is 17.7 Å². The number of phenolic OH excluding ortho intramolecular Hbond substituents is 1. The first-order valence-corrected chi connectivity index (χ1v) is 4.78. The molecule has 0 saturated heterocycles. The molecule has 0 aliphatic heterocycles. The van der Waals surface area contributed by atoms with Crippen molar-refractivity contribution in [1.82, 2.24) is 0 Å². The van der Waals surface area contributed by atoms with Crippen LogP contribution < -0.4 is 15.2 Å². The molecule has 0 fully saturated rings. The van der Waals surface area contributed by atoms with Crippen molar-refractivity contribution >= 4 is 0 Å². The molecule has 84 valence electrons. The number of ether oxygens (including phenoxy) is 2. The smallest absolute Gasteiger partial charge is 0.167 e. The molecule has 0 spiro atoms. The standard InChI is InChI=1S/C11H17NO3/c1-7(12)6-8-9(13)4-5-10(14-2)11(8)15-3/h4-5,7,13H,6,12H2,1-3H3. The van der Waals surface area contributed by atoms with Gasteiger partial charge in [0.15, 0.2) is 11.5 Å². The monoisotopic (exact) mass is 211 g/mol. The summed E-state index contributed by atoms with van der Waals surface area (Å²) in [7, 11) is 3.10. The molecule has 4 nitrogen and oxygen atoms in total. The van der Waals surface area contributed by atoms with Crippen molar-refractivity contribution in [1.29, 1.82) is 0 Å². The van der Waals surface area contributed by atoms with Crippen molar-refractivity contribution < 1.29 is 14.6 Å². The Balaban J connectivity index is 3.19. The molecule has 0 aromatic heterocycles. The van der Waals surface area contributed by atoms with Crippen LogP contribution in [0.25, 0.3) is 0 Å². The van der Waals surface area contributed by atoms with Crippen LogP contribution in [-0.4, -0.2) is 25.4 Å². The van der Waals surface area contributed by atoms with Crippen molar-refractivity contribution in [2.75, 3.05) is 14.2 Å². The zero-order valence-corrected chi connectivity index (χ0v) is 9.28. The second kappa shape index (κ2) is 4.89. The van der Waals surface area contributed by atoms with Crippen LogP contribution in [0.4, 0.5) is 0 Å². The Hall–Kier alpha value is -1.42. The van der Waals surface area contributed by atoms with E-state index in [-0.39, 0.29) is 11.8 Å². The molecule has 1 atom stereocenters. The van der Waals surface area contributed by atoms with Gasteiger partial charge in [-0.15, -0.1) is 0 Å². The van der Waals surface area contributed by atoms with Gasteiger partial charge in [0, 0.05) is 11.6 Å². The lowest BCUT2D eigenvalue weighted by molar-refractivity contribution is 0.346. The van der Waals surface area contributed by atoms with E-state index in [1.807, 2.05) is 6.92 Å². The molecule has 4 heteroatoms. The zero-order chi connectivity index (χ0) is 11.4. The van der Waals surface area contributed by atoms with Gasteiger partial charge in [-0.05, 0) is 25.5 Å². The molecule has 0 aliphatic carbocycles. The van der Waals surface area contributed by atoms with Gasteiger partial charge in [0.2, 0.25) is 0 Å². The SMILES string of the molecule is COc1ccc(O)c(CC(C)N)c1OC. The first-order valence-electron chi connectivity index (χ1n) is 4.78. The maximum atomic E-state index is 9.70. The van der Waals surface area contributed by atoms with E-state index in [0.717, 1.165) is 0 Å². The Kier molecular flexibility index (Phi) is 3.80. The third-order valence-corrected chi connectivity index (χ3v) is 2.15. The topological polar surface area (TPSA) is 64.7 Å². The van der Waals surface area contributed by atoms with Crippen LogP contribution in [0, 0.1) is 0 Å². The Labute approximate surface area is 89.6 Å². The molecule has 0 aliphatic rings. The molecule has 0 heterocycles. The van der Waals surface area contributed by atoms with Gasteiger partial charge in [0.05, 0.1) is 14.2 Å². The second-order valence-corrected chi connectivity index (χ2v) is 3.48. The fourth-order valence-corrected chi connectivity index (χ4v) is 1.50. The summed E-state index contributed by atoms with van der Waals surface area (Å²) >= 11 is 0. The van der Waals surface area contributed by atoms with Gasteiger partial charge in [-0.1, -0.05) is 0 Å². The van der Waals surface area contributed by atoms with Gasteiger partial charge in [-0.25, -0.2) is 0 Å². The van der Waals surface area contributed by atoms with E-state index in [1.54, 1.807) is 26.4 Å². The molecule has 1 unspecified atom stereocenters. The Morgan fingerprint density at radius 1 is 1.33 bits per heavy atom. The minimum absolute atomic E-state index is 0.0445. The lowest BCUT2D eigenvalue weighted by atomic mass is 10.0. The minimum atomic E-state index is -0.0445. The van der Waals surface area contributed by atoms with Crippen molar-refractivity contribution in [2.24, 2.45) is 5.73 Å². The number of hydrogen-bond acceptors (Lipinski definition) is 4. The van der Waals surface area contributed by atoms with Crippen molar-refractivity contribution in [3.63, 3.8) is 0 Å². The highest BCUT2D eigenvalue weighted by molar-refractivity contribution is 5.53. The Morgan fingerprint density at radius 3 is 2.47 bits per heavy atom. The molecule has 3 N–H and O–H groups in total. The van der Waals surface area contributed by atoms with Crippen LogP contribution in [0.15, 0.2) is 12.1 Å². The lowest BCUT2D eigenvalue weighted by Crippen LogP contribution is -2.18. The third-order valence-electron chi connectivity index (χ3n) is 2.15. The summed E-state index contributed by atoms with van der Waals surface area (Å²) in [5, 5.41) is 9.70. The minimum Gasteiger partial charge on any atom is -0.508 e. The molecule has 0 amide bonds. The molecule has 0 saturated carbocycles. The van der Waals surface area contributed by atoms with E-state index in [4.69, 9.17) is 15.2 Å². The first kappa shape index (κ1) is 11.7. The Bertz CT molecular complexity index is 337. The maximum absolute atomic E-state index is 9.70. The second-order valence-electron chi connectivity index (χ2n) is 3.48. The quantitative estimate of drug-likeness (QED) is 0.787. The fourth-order valence-electron chi connectivity index (χ4n) is 1.50. The predicted molar refractivity (Wildman–Crippen MR) is 58.6 cm³/mol. The number of benzene rings is 1. The lowest BCUT2D eigenvalue weighted by Gasteiger charge is -2.15. The number of phenols is 1. The van der Waals surface area contributed by atoms with E-state index in [0.29, 0.717) is 23.5 Å². The summed E-state index contributed by atoms with van der Waals surface area (Å²) in [5.41, 5.74) is 6.39. The summed E-state index contributed by atoms with van der Waals surface area (Å²) in [6, 6.07) is 3.20. The van der Waals surface area contributed by atoms with Crippen LogP contribution in [0.1, 0.15) is 12.5 Å². The van der Waals surface area contributed by atoms with E-state index in [9.17, 15) is 5.11 Å². The molecule has 0 bridgehead atoms. The van der Waals surface area contributed by atoms with Gasteiger partial charge < -0.3 is 20.3 Å². The fraction of sp³-hybridized carbons (Fsp3) is 0.455. The number of nitrogens with two attached hydrogens (primary N) is 1. The van der Waals surface area contributed by atoms with Crippen LogP contribution in [0.5, 0.6) is 17.2 Å². The van der Waals surface area contributed by atoms with Gasteiger partial charge in [0.1, 0.15) is 5.75 Å². The summed E-state index contributed by atoms with van der Waals surface area (Å²) in [5.74, 6) is 1.34. The largest absolute Gasteiger partial charge is 0.508 e. The molecular weight excluding hydrogens is 194 g/mol. The van der Waals surface area contributed by atoms with Crippen LogP contribution in [-0.2, 0) is 6.42 Å². The van der Waals surface area contributed by atoms with Gasteiger partial charge in [-0.2, -0.15) is 0 Å². The van der Waals surface area contributed by atoms with E-state index in [1.165, 1.54) is 0 Å². The number of rotatable bonds is 4. The molecule has 1 rings (SSSR count). The highest BCUT2D eigenvalue weighted by atomic mass is 16.5. The van der Waals surface area contributed by atoms with E-state index >= 15 is 0 Å². The van der Waals surface area contributed by atoms with Crippen LogP contribution >= 0.6 is 0 Å². The van der Waals surface area contributed by atoms with E-state index in [2.05, 4.69) is 0 Å². The van der Waals surface area contributed by atoms with Crippen LogP contribution in [0.3, 0.4) is 0 Å². The van der Waals surface area contributed by atoms with Crippen LogP contribution in [0.2, 0.25) is 0 Å². The average molecular weight is 211 g/mol. The maximum Gasteiger partial charge on any atom is 0.167 e. The van der Waals surface area contributed by atoms with E-state index < -0.39 is 0 Å². The van der Waals surface area contributed by atoms with Gasteiger partial charge in [-0.3, -0.25) is 0 Å². The van der Waals surface area contributed by atoms with Crippen molar-refractivity contribution in [3.8, 4) is 17.2 Å². The zero-order valence-electron chi connectivity index (χ0n) is 9.28. The average Bonchev–Trinajstić information content (AvgIpc) is 2.20. The number of aromatic hydroxyl groups is 1. The third kappa shape index (κ3) is 2.53. The van der Waals surface area contributed by atoms with Gasteiger partial charge in [0.25, 0.3) is 0 Å². The normalized spacial score (nSPS) is 12.3. The Morgan fingerprint density at radius 2 is 2.00 bits per heavy atom. The summed E-state index contributed by atoms with van der Waals surface area (Å²) < 4.78 is 10.3. The number of methoxy groups -OCH3 is 2. The number of hydrogen-bond donors (Lipinski definition) is 2. The highest BCUT2D eigenvalue weighted by Gasteiger charge is 2.15. The van der Waals surface area contributed by atoms with Gasteiger partial charge >= 0.3 is 0 Å². The summed E-state index contributed by atoms with van der Waals surface area (Å²) in [6.45, 7) is 1.87. The molecule has 1 aromatic carbocycles. The summed E-state index contributed by atoms with van der Waals surface area (Å²) in [6.07, 6.45) is 0.548. The first-order chi connectivity index (χ1) is 7.10. The molecular formula is C11H17NO3. The summed E-state index contributed by atoms with van der Waals surface area (Å²) in [4.78, 5) is 0. The molecule has 1 aromatic rings. The molecule has 0 radical (unpaired) electrons. The van der Waals surface area contributed by atoms with Crippen molar-refractivity contribution in [2.45, 2.75) is 19.4 Å². The predicted octanol–water partition coefficient (Wildman–Crippen LogP) is 1.30. The highest BCUT2D eigenvalue weighted by Crippen LogP contribution is 2.37. The molecule has 15 heavy (non-hydrogen) atoms.